The summed E-state index contributed by atoms with van der Waals surface area (Å²) >= 11 is 6.03. The molecule has 2 saturated heterocycles. The number of rotatable bonds is 6. The van der Waals surface area contributed by atoms with Crippen LogP contribution in [0.5, 0.6) is 5.75 Å². The first-order chi connectivity index (χ1) is 21.4. The molecule has 238 valence electrons. The van der Waals surface area contributed by atoms with Crippen LogP contribution in [-0.2, 0) is 37.2 Å². The van der Waals surface area contributed by atoms with E-state index in [1.54, 1.807) is 28.0 Å². The van der Waals surface area contributed by atoms with Crippen LogP contribution in [0.4, 0.5) is 13.2 Å². The van der Waals surface area contributed by atoms with Gasteiger partial charge in [-0.2, -0.15) is 0 Å². The number of piperidine rings is 1. The second-order valence-electron chi connectivity index (χ2n) is 11.9. The summed E-state index contributed by atoms with van der Waals surface area (Å²) in [4.78, 5) is 29.1. The first-order valence-electron chi connectivity index (χ1n) is 14.9. The van der Waals surface area contributed by atoms with Crippen molar-refractivity contribution in [2.24, 2.45) is 5.92 Å². The molecule has 7 nitrogen and oxygen atoms in total. The van der Waals surface area contributed by atoms with E-state index in [2.05, 4.69) is 0 Å². The van der Waals surface area contributed by atoms with Gasteiger partial charge in [-0.05, 0) is 85.7 Å². The molecule has 2 amide bonds. The summed E-state index contributed by atoms with van der Waals surface area (Å²) in [6.45, 7) is 2.42. The van der Waals surface area contributed by atoms with Crippen molar-refractivity contribution in [1.82, 2.24) is 9.80 Å². The molecule has 0 saturated carbocycles. The van der Waals surface area contributed by atoms with Crippen molar-refractivity contribution < 1.29 is 35.9 Å². The Morgan fingerprint density at radius 2 is 1.67 bits per heavy atom. The van der Waals surface area contributed by atoms with Crippen molar-refractivity contribution >= 4 is 33.3 Å². The van der Waals surface area contributed by atoms with Gasteiger partial charge in [0.25, 0.3) is 0 Å². The number of hydrogen-bond acceptors (Lipinski definition) is 5. The summed E-state index contributed by atoms with van der Waals surface area (Å²) in [5, 5.41) is -0.111. The number of aryl methyl sites for hydroxylation is 1. The normalized spacial score (nSPS) is 21.8. The monoisotopic (exact) mass is 660 g/mol. The highest BCUT2D eigenvalue weighted by Gasteiger charge is 2.61. The van der Waals surface area contributed by atoms with Gasteiger partial charge in [0.2, 0.25) is 11.8 Å². The molecule has 0 N–H and O–H groups in total. The number of amides is 2. The molecule has 1 aliphatic carbocycles. The van der Waals surface area contributed by atoms with Gasteiger partial charge >= 0.3 is 0 Å². The van der Waals surface area contributed by atoms with Crippen LogP contribution in [0, 0.1) is 23.4 Å². The van der Waals surface area contributed by atoms with Gasteiger partial charge in [0.15, 0.2) is 9.84 Å². The zero-order valence-electron chi connectivity index (χ0n) is 24.6. The van der Waals surface area contributed by atoms with Gasteiger partial charge in [0, 0.05) is 44.1 Å². The number of nitrogens with zero attached hydrogens (tertiary/aromatic N) is 2. The van der Waals surface area contributed by atoms with Crippen molar-refractivity contribution in [3.05, 3.63) is 93.8 Å². The SMILES string of the molecule is CC(=O)N1CCC(C(=O)N2CC[C@@]3(S(=O)(=O)c4ccc(F)cc4)c4ccc(OCc5c(F)cc(F)cc5Cl)cc4CC[C@@H]23)CC1. The van der Waals surface area contributed by atoms with Crippen LogP contribution < -0.4 is 4.74 Å². The first-order valence-corrected chi connectivity index (χ1v) is 16.7. The van der Waals surface area contributed by atoms with E-state index in [1.807, 2.05) is 0 Å². The van der Waals surface area contributed by atoms with Crippen LogP contribution in [0.3, 0.4) is 0 Å². The lowest BCUT2D eigenvalue weighted by Gasteiger charge is -2.43. The lowest BCUT2D eigenvalue weighted by Crippen LogP contribution is -2.53. The number of sulfone groups is 1. The van der Waals surface area contributed by atoms with Gasteiger partial charge in [0.05, 0.1) is 16.0 Å². The van der Waals surface area contributed by atoms with Gasteiger partial charge in [-0.25, -0.2) is 21.6 Å². The molecule has 0 unspecified atom stereocenters. The lowest BCUT2D eigenvalue weighted by molar-refractivity contribution is -0.141. The average Bonchev–Trinajstić information content (AvgIpc) is 3.42. The molecule has 3 aromatic rings. The van der Waals surface area contributed by atoms with Crippen LogP contribution in [0.15, 0.2) is 59.5 Å². The van der Waals surface area contributed by atoms with E-state index in [4.69, 9.17) is 16.3 Å². The second kappa shape index (κ2) is 12.0. The minimum Gasteiger partial charge on any atom is -0.489 e. The van der Waals surface area contributed by atoms with Crippen molar-refractivity contribution in [1.29, 1.82) is 0 Å². The van der Waals surface area contributed by atoms with Gasteiger partial charge in [0.1, 0.15) is 34.6 Å². The molecule has 6 rings (SSSR count). The smallest absolute Gasteiger partial charge is 0.226 e. The molecule has 0 spiro atoms. The van der Waals surface area contributed by atoms with E-state index in [1.165, 1.54) is 19.1 Å². The zero-order valence-corrected chi connectivity index (χ0v) is 26.1. The third-order valence-corrected chi connectivity index (χ3v) is 12.4. The molecule has 0 aromatic heterocycles. The number of carbonyl (C=O) groups is 2. The number of halogens is 4. The molecule has 0 bridgehead atoms. The molecule has 3 aliphatic rings. The molecular formula is C33H32ClF3N2O5S. The Labute approximate surface area is 264 Å². The molecular weight excluding hydrogens is 629 g/mol. The summed E-state index contributed by atoms with van der Waals surface area (Å²) in [5.74, 6) is -2.32. The van der Waals surface area contributed by atoms with E-state index < -0.39 is 38.1 Å². The van der Waals surface area contributed by atoms with E-state index in [0.717, 1.165) is 24.3 Å². The van der Waals surface area contributed by atoms with Crippen LogP contribution in [0.25, 0.3) is 0 Å². The van der Waals surface area contributed by atoms with Crippen LogP contribution in [0.1, 0.15) is 49.3 Å². The highest BCUT2D eigenvalue weighted by atomic mass is 35.5. The molecule has 45 heavy (non-hydrogen) atoms. The number of fused-ring (bicyclic) bond motifs is 3. The topological polar surface area (TPSA) is 84.0 Å². The Balaban J connectivity index is 1.34. The average molecular weight is 661 g/mol. The van der Waals surface area contributed by atoms with E-state index in [9.17, 15) is 31.2 Å². The predicted molar refractivity (Wildman–Crippen MR) is 161 cm³/mol. The van der Waals surface area contributed by atoms with Crippen LogP contribution in [-0.4, -0.2) is 55.7 Å². The molecule has 2 fully saturated rings. The number of likely N-dealkylation sites (tertiary alicyclic amines) is 2. The zero-order chi connectivity index (χ0) is 32.1. The van der Waals surface area contributed by atoms with Gasteiger partial charge in [-0.1, -0.05) is 17.7 Å². The number of ether oxygens (including phenoxy) is 1. The Morgan fingerprint density at radius 1 is 0.956 bits per heavy atom. The maximum absolute atomic E-state index is 14.6. The largest absolute Gasteiger partial charge is 0.489 e. The summed E-state index contributed by atoms with van der Waals surface area (Å²) in [5.41, 5.74) is 1.25. The minimum atomic E-state index is -4.15. The summed E-state index contributed by atoms with van der Waals surface area (Å²) < 4.78 is 75.2. The fourth-order valence-electron chi connectivity index (χ4n) is 7.22. The Kier molecular flexibility index (Phi) is 8.36. The predicted octanol–water partition coefficient (Wildman–Crippen LogP) is 5.81. The van der Waals surface area contributed by atoms with Crippen molar-refractivity contribution in [2.75, 3.05) is 19.6 Å². The summed E-state index contributed by atoms with van der Waals surface area (Å²) in [6.07, 6.45) is 1.99. The Morgan fingerprint density at radius 3 is 2.33 bits per heavy atom. The Hall–Kier alpha value is -3.57. The molecule has 2 aliphatic heterocycles. The number of carbonyl (C=O) groups excluding carboxylic acids is 2. The van der Waals surface area contributed by atoms with Crippen LogP contribution >= 0.6 is 11.6 Å². The number of hydrogen-bond donors (Lipinski definition) is 0. The molecule has 2 heterocycles. The van der Waals surface area contributed by atoms with Gasteiger partial charge in [-0.15, -0.1) is 0 Å². The highest BCUT2D eigenvalue weighted by Crippen LogP contribution is 2.53. The maximum atomic E-state index is 14.6. The third-order valence-electron chi connectivity index (χ3n) is 9.52. The maximum Gasteiger partial charge on any atom is 0.226 e. The van der Waals surface area contributed by atoms with Crippen molar-refractivity contribution in [2.45, 2.75) is 61.3 Å². The van der Waals surface area contributed by atoms with Crippen LogP contribution in [0.2, 0.25) is 5.02 Å². The Bertz CT molecular complexity index is 1740. The standard InChI is InChI=1S/C33H32ClF3N2O5S/c1-20(40)38-13-10-21(11-14-38)32(41)39-15-12-33(45(42,43)26-6-3-23(35)4-7-26)28-8-5-25(16-22(28)2-9-31(33)39)44-19-27-29(34)17-24(36)18-30(27)37/h3-8,16-18,21,31H,2,9-15,19H2,1H3/t31-,33-/m1/s1. The first kappa shape index (κ1) is 31.4. The van der Waals surface area contributed by atoms with Crippen molar-refractivity contribution in [3.8, 4) is 5.75 Å². The molecule has 0 radical (unpaired) electrons. The quantitative estimate of drug-likeness (QED) is 0.312. The van der Waals surface area contributed by atoms with E-state index in [-0.39, 0.29) is 52.8 Å². The van der Waals surface area contributed by atoms with Crippen molar-refractivity contribution in [3.63, 3.8) is 0 Å². The molecule has 3 aromatic carbocycles. The lowest BCUT2D eigenvalue weighted by atomic mass is 9.78. The molecule has 12 heteroatoms. The van der Waals surface area contributed by atoms with Gasteiger partial charge in [-0.3, -0.25) is 9.59 Å². The fraction of sp³-hybridized carbons (Fsp3) is 0.394. The highest BCUT2D eigenvalue weighted by molar-refractivity contribution is 7.92. The second-order valence-corrected chi connectivity index (χ2v) is 14.5. The minimum absolute atomic E-state index is 0.00899. The molecule has 2 atom stereocenters. The summed E-state index contributed by atoms with van der Waals surface area (Å²) in [6, 6.07) is 10.8. The summed E-state index contributed by atoms with van der Waals surface area (Å²) in [7, 11) is -4.15. The van der Waals surface area contributed by atoms with E-state index in [0.29, 0.717) is 55.6 Å². The number of benzene rings is 3. The fourth-order valence-corrected chi connectivity index (χ4v) is 9.84. The van der Waals surface area contributed by atoms with Gasteiger partial charge < -0.3 is 14.5 Å². The third kappa shape index (κ3) is 5.48. The van der Waals surface area contributed by atoms with E-state index >= 15 is 0 Å².